The van der Waals surface area contributed by atoms with Crippen LogP contribution in [0.3, 0.4) is 0 Å². The fourth-order valence-corrected chi connectivity index (χ4v) is 1.88. The molecule has 2 aromatic rings. The molecule has 22 heavy (non-hydrogen) atoms. The number of nitrogens with one attached hydrogen (secondary N) is 1. The van der Waals surface area contributed by atoms with Crippen LogP contribution < -0.4 is 10.1 Å². The van der Waals surface area contributed by atoms with Gasteiger partial charge in [0.05, 0.1) is 13.7 Å². The Morgan fingerprint density at radius 1 is 1.41 bits per heavy atom. The number of nitrogens with zero attached hydrogens (tertiary/aromatic N) is 4. The van der Waals surface area contributed by atoms with E-state index >= 15 is 0 Å². The number of hydrogen-bond acceptors (Lipinski definition) is 5. The van der Waals surface area contributed by atoms with Crippen LogP contribution in [0.15, 0.2) is 30.6 Å². The molecular weight excluding hydrogens is 286 g/mol. The molecule has 2 rings (SSSR count). The molecule has 0 bridgehead atoms. The van der Waals surface area contributed by atoms with Crippen molar-refractivity contribution in [1.29, 1.82) is 0 Å². The lowest BCUT2D eigenvalue weighted by Gasteiger charge is -2.16. The van der Waals surface area contributed by atoms with E-state index in [1.165, 1.54) is 23.7 Å². The molecule has 1 N–H and O–H groups in total. The van der Waals surface area contributed by atoms with E-state index in [0.29, 0.717) is 11.4 Å². The third-order valence-electron chi connectivity index (χ3n) is 2.88. The maximum Gasteiger partial charge on any atom is 0.261 e. The number of aromatic nitrogens is 3. The Bertz CT molecular complexity index is 668. The highest BCUT2D eigenvalue weighted by Crippen LogP contribution is 2.16. The van der Waals surface area contributed by atoms with Gasteiger partial charge in [0.25, 0.3) is 5.91 Å². The Morgan fingerprint density at radius 2 is 2.18 bits per heavy atom. The predicted molar refractivity (Wildman–Crippen MR) is 79.6 cm³/mol. The number of likely N-dealkylation sites (N-methyl/N-ethyl adjacent to an activating group) is 1. The van der Waals surface area contributed by atoms with Crippen LogP contribution in [0, 0.1) is 0 Å². The van der Waals surface area contributed by atoms with E-state index < -0.39 is 0 Å². The third kappa shape index (κ3) is 3.60. The van der Waals surface area contributed by atoms with Gasteiger partial charge in [-0.2, -0.15) is 0 Å². The Kier molecular flexibility index (Phi) is 4.72. The molecule has 0 aromatic carbocycles. The Morgan fingerprint density at radius 3 is 2.82 bits per heavy atom. The fraction of sp³-hybridized carbons (Fsp3) is 0.286. The lowest BCUT2D eigenvalue weighted by atomic mass is 10.3. The smallest absolute Gasteiger partial charge is 0.261 e. The Balaban J connectivity index is 2.00. The van der Waals surface area contributed by atoms with Crippen LogP contribution in [0.4, 0.5) is 5.82 Å². The Hall–Kier alpha value is -2.90. The van der Waals surface area contributed by atoms with Gasteiger partial charge in [0.2, 0.25) is 11.8 Å². The number of carbonyl (C=O) groups excluding carboxylic acids is 2. The molecule has 116 valence electrons. The Labute approximate surface area is 127 Å². The number of amides is 2. The maximum absolute atomic E-state index is 12.3. The molecule has 0 unspecified atom stereocenters. The molecule has 2 amide bonds. The van der Waals surface area contributed by atoms with Crippen LogP contribution in [-0.4, -0.2) is 52.2 Å². The van der Waals surface area contributed by atoms with Crippen LogP contribution in [0.25, 0.3) is 0 Å². The number of anilines is 1. The summed E-state index contributed by atoms with van der Waals surface area (Å²) in [4.78, 5) is 29.5. The average Bonchev–Trinajstić information content (AvgIpc) is 2.88. The largest absolute Gasteiger partial charge is 0.479 e. The first-order chi connectivity index (χ1) is 10.5. The van der Waals surface area contributed by atoms with Gasteiger partial charge in [-0.3, -0.25) is 14.3 Å². The van der Waals surface area contributed by atoms with Crippen molar-refractivity contribution in [1.82, 2.24) is 19.7 Å². The summed E-state index contributed by atoms with van der Waals surface area (Å²) >= 11 is 0. The van der Waals surface area contributed by atoms with E-state index in [4.69, 9.17) is 4.74 Å². The highest BCUT2D eigenvalue weighted by molar-refractivity contribution is 6.00. The van der Waals surface area contributed by atoms with Crippen molar-refractivity contribution >= 4 is 17.6 Å². The summed E-state index contributed by atoms with van der Waals surface area (Å²) < 4.78 is 6.53. The molecule has 2 heterocycles. The standard InChI is InChI=1S/C14H17N5O3/c1-18(9-12(20)16-11-6-4-5-7-15-11)14(21)10-8-19(2)17-13(10)22-3/h4-8H,9H2,1-3H3,(H,15,16,20). The lowest BCUT2D eigenvalue weighted by Crippen LogP contribution is -2.35. The zero-order valence-electron chi connectivity index (χ0n) is 12.6. The number of carbonyl (C=O) groups is 2. The summed E-state index contributed by atoms with van der Waals surface area (Å²) in [6.45, 7) is -0.104. The van der Waals surface area contributed by atoms with E-state index in [0.717, 1.165) is 0 Å². The fourth-order valence-electron chi connectivity index (χ4n) is 1.88. The first kappa shape index (κ1) is 15.5. The van der Waals surface area contributed by atoms with Gasteiger partial charge in [-0.15, -0.1) is 5.10 Å². The first-order valence-electron chi connectivity index (χ1n) is 6.55. The monoisotopic (exact) mass is 303 g/mol. The number of pyridine rings is 1. The summed E-state index contributed by atoms with van der Waals surface area (Å²) in [5.41, 5.74) is 0.304. The van der Waals surface area contributed by atoms with Crippen LogP contribution in [0.2, 0.25) is 0 Å². The molecule has 0 radical (unpaired) electrons. The van der Waals surface area contributed by atoms with Crippen LogP contribution in [-0.2, 0) is 11.8 Å². The molecule has 0 aliphatic heterocycles. The molecule has 2 aromatic heterocycles. The van der Waals surface area contributed by atoms with Gasteiger partial charge in [0.1, 0.15) is 11.4 Å². The minimum absolute atomic E-state index is 0.104. The van der Waals surface area contributed by atoms with Gasteiger partial charge in [-0.05, 0) is 12.1 Å². The minimum atomic E-state index is -0.346. The van der Waals surface area contributed by atoms with Crippen molar-refractivity contribution in [2.75, 3.05) is 26.0 Å². The maximum atomic E-state index is 12.3. The lowest BCUT2D eigenvalue weighted by molar-refractivity contribution is -0.116. The highest BCUT2D eigenvalue weighted by Gasteiger charge is 2.21. The van der Waals surface area contributed by atoms with E-state index in [2.05, 4.69) is 15.4 Å². The topological polar surface area (TPSA) is 89.4 Å². The van der Waals surface area contributed by atoms with E-state index in [1.54, 1.807) is 37.6 Å². The van der Waals surface area contributed by atoms with Gasteiger partial charge in [-0.1, -0.05) is 6.07 Å². The number of ether oxygens (including phenoxy) is 1. The molecular formula is C14H17N5O3. The molecule has 0 spiro atoms. The van der Waals surface area contributed by atoms with Gasteiger partial charge in [0.15, 0.2) is 0 Å². The van der Waals surface area contributed by atoms with Crippen LogP contribution in [0.1, 0.15) is 10.4 Å². The van der Waals surface area contributed by atoms with Crippen molar-refractivity contribution < 1.29 is 14.3 Å². The second-order valence-corrected chi connectivity index (χ2v) is 4.65. The number of aryl methyl sites for hydroxylation is 1. The second-order valence-electron chi connectivity index (χ2n) is 4.65. The molecule has 0 aliphatic rings. The van der Waals surface area contributed by atoms with Crippen molar-refractivity contribution in [2.24, 2.45) is 7.05 Å². The quantitative estimate of drug-likeness (QED) is 0.870. The van der Waals surface area contributed by atoms with Gasteiger partial charge in [-0.25, -0.2) is 4.98 Å². The first-order valence-corrected chi connectivity index (χ1v) is 6.55. The van der Waals surface area contributed by atoms with Crippen molar-refractivity contribution in [2.45, 2.75) is 0 Å². The number of hydrogen-bond donors (Lipinski definition) is 1. The highest BCUT2D eigenvalue weighted by atomic mass is 16.5. The molecule has 0 fully saturated rings. The summed E-state index contributed by atoms with van der Waals surface area (Å²) in [7, 11) is 4.66. The van der Waals surface area contributed by atoms with Crippen LogP contribution in [0.5, 0.6) is 5.88 Å². The summed E-state index contributed by atoms with van der Waals surface area (Å²) in [5, 5.41) is 6.63. The van der Waals surface area contributed by atoms with E-state index in [9.17, 15) is 9.59 Å². The van der Waals surface area contributed by atoms with E-state index in [-0.39, 0.29) is 24.2 Å². The minimum Gasteiger partial charge on any atom is -0.479 e. The zero-order valence-corrected chi connectivity index (χ0v) is 12.6. The van der Waals surface area contributed by atoms with Gasteiger partial charge < -0.3 is 15.0 Å². The number of rotatable bonds is 5. The van der Waals surface area contributed by atoms with E-state index in [1.807, 2.05) is 0 Å². The van der Waals surface area contributed by atoms with Gasteiger partial charge in [0, 0.05) is 26.5 Å². The molecule has 0 saturated carbocycles. The average molecular weight is 303 g/mol. The summed E-state index contributed by atoms with van der Waals surface area (Å²) in [6.07, 6.45) is 3.12. The third-order valence-corrected chi connectivity index (χ3v) is 2.88. The molecule has 0 saturated heterocycles. The molecule has 8 nitrogen and oxygen atoms in total. The summed E-state index contributed by atoms with van der Waals surface area (Å²) in [5.74, 6) is -0.0182. The van der Waals surface area contributed by atoms with Crippen molar-refractivity contribution in [3.63, 3.8) is 0 Å². The number of methoxy groups -OCH3 is 1. The van der Waals surface area contributed by atoms with Gasteiger partial charge >= 0.3 is 0 Å². The predicted octanol–water partition coefficient (Wildman–Crippen LogP) is 0.534. The second kappa shape index (κ2) is 6.70. The van der Waals surface area contributed by atoms with Crippen LogP contribution >= 0.6 is 0 Å². The molecule has 8 heteroatoms. The SMILES string of the molecule is COc1nn(C)cc1C(=O)N(C)CC(=O)Nc1ccccn1. The zero-order chi connectivity index (χ0) is 16.1. The summed E-state index contributed by atoms with van der Waals surface area (Å²) in [6, 6.07) is 5.18. The normalized spacial score (nSPS) is 10.1. The van der Waals surface area contributed by atoms with Crippen molar-refractivity contribution in [3.05, 3.63) is 36.2 Å². The molecule has 0 atom stereocenters. The molecule has 0 aliphatic carbocycles. The van der Waals surface area contributed by atoms with Crippen molar-refractivity contribution in [3.8, 4) is 5.88 Å².